The highest BCUT2D eigenvalue weighted by Gasteiger charge is 2.21. The summed E-state index contributed by atoms with van der Waals surface area (Å²) in [6.45, 7) is 7.42. The van der Waals surface area contributed by atoms with Gasteiger partial charge in [-0.15, -0.1) is 10.2 Å². The van der Waals surface area contributed by atoms with E-state index in [0.717, 1.165) is 16.8 Å². The van der Waals surface area contributed by atoms with Gasteiger partial charge in [0, 0.05) is 16.8 Å². The van der Waals surface area contributed by atoms with Crippen LogP contribution in [0.3, 0.4) is 0 Å². The van der Waals surface area contributed by atoms with Crippen molar-refractivity contribution < 1.29 is 8.81 Å². The highest BCUT2D eigenvalue weighted by Crippen LogP contribution is 2.34. The first-order valence-electron chi connectivity index (χ1n) is 11.1. The van der Waals surface area contributed by atoms with Gasteiger partial charge < -0.3 is 9.73 Å². The standard InChI is InChI=1S/C26H23FN6O2/c1-13-11-18(16(4)29-21-10-9-14(2)28-22(21)26-30-32-33-31-26)25-19(12-13)23(34)15(3)24(35-25)17-7-5-6-8-20(17)27/h5-12,16,29H,1-4H3,(H,30,31,32,33)/t16-/m1/s1. The van der Waals surface area contributed by atoms with Gasteiger partial charge in [0.1, 0.15) is 22.9 Å². The molecule has 1 atom stereocenters. The number of tetrazole rings is 1. The quantitative estimate of drug-likeness (QED) is 0.360. The number of aromatic nitrogens is 5. The number of halogens is 1. The van der Waals surface area contributed by atoms with E-state index < -0.39 is 5.82 Å². The molecule has 0 saturated carbocycles. The molecule has 9 heteroatoms. The molecule has 0 amide bonds. The van der Waals surface area contributed by atoms with Crippen molar-refractivity contribution in [1.29, 1.82) is 0 Å². The molecule has 35 heavy (non-hydrogen) atoms. The Morgan fingerprint density at radius 1 is 1.09 bits per heavy atom. The maximum Gasteiger partial charge on any atom is 0.225 e. The van der Waals surface area contributed by atoms with Crippen LogP contribution in [0.25, 0.3) is 33.8 Å². The summed E-state index contributed by atoms with van der Waals surface area (Å²) in [5.41, 5.74) is 4.55. The molecule has 2 aromatic carbocycles. The predicted octanol–water partition coefficient (Wildman–Crippen LogP) is 5.27. The largest absolute Gasteiger partial charge is 0.455 e. The molecule has 3 heterocycles. The number of nitrogens with one attached hydrogen (secondary N) is 2. The number of nitrogens with zero attached hydrogens (tertiary/aromatic N) is 4. The van der Waals surface area contributed by atoms with Crippen LogP contribution in [0.1, 0.15) is 35.3 Å². The highest BCUT2D eigenvalue weighted by atomic mass is 19.1. The monoisotopic (exact) mass is 470 g/mol. The summed E-state index contributed by atoms with van der Waals surface area (Å²) in [5, 5.41) is 18.1. The molecule has 0 aliphatic rings. The molecule has 0 fully saturated rings. The summed E-state index contributed by atoms with van der Waals surface area (Å²) in [6.07, 6.45) is 0. The van der Waals surface area contributed by atoms with Crippen LogP contribution >= 0.6 is 0 Å². The molecule has 5 aromatic rings. The van der Waals surface area contributed by atoms with E-state index in [1.807, 2.05) is 39.0 Å². The zero-order chi connectivity index (χ0) is 24.7. The molecule has 5 rings (SSSR count). The number of benzene rings is 2. The molecule has 8 nitrogen and oxygen atoms in total. The van der Waals surface area contributed by atoms with Crippen LogP contribution in [0.4, 0.5) is 10.1 Å². The number of aromatic amines is 1. The summed E-state index contributed by atoms with van der Waals surface area (Å²) in [5.74, 6) is 0.136. The third-order valence-corrected chi connectivity index (χ3v) is 5.94. The second kappa shape index (κ2) is 8.75. The van der Waals surface area contributed by atoms with Crippen molar-refractivity contribution in [2.75, 3.05) is 5.32 Å². The van der Waals surface area contributed by atoms with Gasteiger partial charge in [-0.1, -0.05) is 18.2 Å². The number of aryl methyl sites for hydroxylation is 2. The van der Waals surface area contributed by atoms with Crippen molar-refractivity contribution in [3.05, 3.63) is 87.0 Å². The Hall–Kier alpha value is -4.40. The number of hydrogen-bond acceptors (Lipinski definition) is 7. The van der Waals surface area contributed by atoms with Gasteiger partial charge in [-0.2, -0.15) is 5.21 Å². The van der Waals surface area contributed by atoms with Gasteiger partial charge in [0.2, 0.25) is 5.82 Å². The second-order valence-corrected chi connectivity index (χ2v) is 8.55. The molecule has 0 bridgehead atoms. The summed E-state index contributed by atoms with van der Waals surface area (Å²) in [6, 6.07) is 13.5. The van der Waals surface area contributed by atoms with Crippen LogP contribution in [0, 0.1) is 26.6 Å². The summed E-state index contributed by atoms with van der Waals surface area (Å²) in [4.78, 5) is 17.9. The Morgan fingerprint density at radius 2 is 1.89 bits per heavy atom. The average molecular weight is 471 g/mol. The lowest BCUT2D eigenvalue weighted by Gasteiger charge is -2.20. The lowest BCUT2D eigenvalue weighted by atomic mass is 9.98. The number of rotatable bonds is 5. The molecule has 0 radical (unpaired) electrons. The van der Waals surface area contributed by atoms with Gasteiger partial charge in [-0.25, -0.2) is 9.37 Å². The van der Waals surface area contributed by atoms with Crippen molar-refractivity contribution in [2.24, 2.45) is 0 Å². The van der Waals surface area contributed by atoms with Crippen molar-refractivity contribution in [3.63, 3.8) is 0 Å². The fraction of sp³-hybridized carbons (Fsp3) is 0.192. The van der Waals surface area contributed by atoms with Gasteiger partial charge in [0.05, 0.1) is 22.7 Å². The van der Waals surface area contributed by atoms with E-state index in [9.17, 15) is 9.18 Å². The fourth-order valence-corrected chi connectivity index (χ4v) is 4.21. The number of pyridine rings is 1. The molecule has 3 aromatic heterocycles. The molecular weight excluding hydrogens is 447 g/mol. The van der Waals surface area contributed by atoms with Crippen LogP contribution in [0.15, 0.2) is 57.7 Å². The average Bonchev–Trinajstić information content (AvgIpc) is 3.38. The molecule has 0 saturated heterocycles. The molecule has 0 spiro atoms. The van der Waals surface area contributed by atoms with Gasteiger partial charge >= 0.3 is 0 Å². The highest BCUT2D eigenvalue weighted by molar-refractivity contribution is 5.85. The Bertz CT molecular complexity index is 1610. The Balaban J connectivity index is 1.66. The van der Waals surface area contributed by atoms with E-state index >= 15 is 0 Å². The minimum absolute atomic E-state index is 0.189. The van der Waals surface area contributed by atoms with Crippen LogP contribution in [-0.2, 0) is 0 Å². The van der Waals surface area contributed by atoms with E-state index in [0.29, 0.717) is 33.7 Å². The third-order valence-electron chi connectivity index (χ3n) is 5.94. The van der Waals surface area contributed by atoms with E-state index in [-0.39, 0.29) is 22.8 Å². The first kappa shape index (κ1) is 22.4. The summed E-state index contributed by atoms with van der Waals surface area (Å²) >= 11 is 0. The van der Waals surface area contributed by atoms with Crippen LogP contribution < -0.4 is 10.7 Å². The van der Waals surface area contributed by atoms with E-state index in [2.05, 4.69) is 30.9 Å². The van der Waals surface area contributed by atoms with Crippen LogP contribution in [0.5, 0.6) is 0 Å². The number of H-pyrrole nitrogens is 1. The molecular formula is C26H23FN6O2. The van der Waals surface area contributed by atoms with Crippen molar-refractivity contribution in [2.45, 2.75) is 33.7 Å². The van der Waals surface area contributed by atoms with Crippen LogP contribution in [0.2, 0.25) is 0 Å². The minimum Gasteiger partial charge on any atom is -0.455 e. The topological polar surface area (TPSA) is 110 Å². The van der Waals surface area contributed by atoms with E-state index in [1.54, 1.807) is 31.2 Å². The molecule has 176 valence electrons. The normalized spacial score (nSPS) is 12.1. The Morgan fingerprint density at radius 3 is 2.63 bits per heavy atom. The van der Waals surface area contributed by atoms with Gasteiger partial charge in [-0.3, -0.25) is 4.79 Å². The molecule has 0 unspecified atom stereocenters. The summed E-state index contributed by atoms with van der Waals surface area (Å²) in [7, 11) is 0. The Labute approximate surface area is 200 Å². The first-order chi connectivity index (χ1) is 16.8. The van der Waals surface area contributed by atoms with Crippen molar-refractivity contribution >= 4 is 16.7 Å². The lowest BCUT2D eigenvalue weighted by molar-refractivity contribution is 0.586. The lowest BCUT2D eigenvalue weighted by Crippen LogP contribution is -2.13. The number of hydrogen-bond donors (Lipinski definition) is 2. The first-order valence-corrected chi connectivity index (χ1v) is 11.1. The minimum atomic E-state index is -0.451. The fourth-order valence-electron chi connectivity index (χ4n) is 4.21. The maximum atomic E-state index is 14.6. The number of anilines is 1. The van der Waals surface area contributed by atoms with Gasteiger partial charge in [0.15, 0.2) is 5.43 Å². The van der Waals surface area contributed by atoms with Crippen molar-refractivity contribution in [3.8, 4) is 22.8 Å². The predicted molar refractivity (Wildman–Crippen MR) is 132 cm³/mol. The zero-order valence-corrected chi connectivity index (χ0v) is 19.7. The second-order valence-electron chi connectivity index (χ2n) is 8.55. The molecule has 0 aliphatic heterocycles. The smallest absolute Gasteiger partial charge is 0.225 e. The molecule has 2 N–H and O–H groups in total. The van der Waals surface area contributed by atoms with Crippen molar-refractivity contribution in [1.82, 2.24) is 25.6 Å². The zero-order valence-electron chi connectivity index (χ0n) is 19.7. The van der Waals surface area contributed by atoms with Crippen LogP contribution in [-0.4, -0.2) is 25.6 Å². The maximum absolute atomic E-state index is 14.6. The van der Waals surface area contributed by atoms with Gasteiger partial charge in [-0.05, 0) is 68.8 Å². The SMILES string of the molecule is Cc1cc([C@@H](C)Nc2ccc(C)nc2-c2nn[nH]n2)c2oc(-c3ccccc3F)c(C)c(=O)c2c1. The van der Waals surface area contributed by atoms with E-state index in [4.69, 9.17) is 4.42 Å². The van der Waals surface area contributed by atoms with E-state index in [1.165, 1.54) is 6.07 Å². The summed E-state index contributed by atoms with van der Waals surface area (Å²) < 4.78 is 20.9. The number of fused-ring (bicyclic) bond motifs is 1. The Kier molecular flexibility index (Phi) is 5.60. The molecule has 0 aliphatic carbocycles. The third kappa shape index (κ3) is 4.05. The van der Waals surface area contributed by atoms with Gasteiger partial charge in [0.25, 0.3) is 0 Å².